The van der Waals surface area contributed by atoms with Gasteiger partial charge in [-0.15, -0.1) is 0 Å². The number of Topliss-reactive ketones (excluding diaryl/α,β-unsaturated/α-hetero) is 1. The zero-order valence-corrected chi connectivity index (χ0v) is 18.1. The molecule has 1 aliphatic heterocycles. The largest absolute Gasteiger partial charge is 0.384 e. The van der Waals surface area contributed by atoms with Gasteiger partial charge in [-0.3, -0.25) is 9.69 Å². The van der Waals surface area contributed by atoms with E-state index in [1.54, 1.807) is 12.1 Å². The third-order valence-electron chi connectivity index (χ3n) is 5.88. The molecule has 0 spiro atoms. The predicted molar refractivity (Wildman–Crippen MR) is 120 cm³/mol. The Labute approximate surface area is 182 Å². The number of aryl methyl sites for hydroxylation is 1. The van der Waals surface area contributed by atoms with Gasteiger partial charge in [-0.1, -0.05) is 55.3 Å². The molecule has 0 amide bonds. The highest BCUT2D eigenvalue weighted by Gasteiger charge is 2.44. The van der Waals surface area contributed by atoms with E-state index >= 15 is 0 Å². The number of anilines is 1. The lowest BCUT2D eigenvalue weighted by Crippen LogP contribution is -2.42. The van der Waals surface area contributed by atoms with Crippen molar-refractivity contribution < 1.29 is 4.79 Å². The Morgan fingerprint density at radius 2 is 1.73 bits per heavy atom. The number of allylic oxidation sites excluding steroid dienone is 3. The number of benzene rings is 2. The van der Waals surface area contributed by atoms with Crippen LogP contribution in [0.15, 0.2) is 71.2 Å². The number of nitriles is 1. The van der Waals surface area contributed by atoms with Crippen LogP contribution in [0.2, 0.25) is 5.02 Å². The number of nitrogens with zero attached hydrogens (tertiary/aromatic N) is 2. The first-order valence-corrected chi connectivity index (χ1v) is 10.4. The molecule has 0 saturated heterocycles. The lowest BCUT2D eigenvalue weighted by Gasteiger charge is -2.43. The highest BCUT2D eigenvalue weighted by molar-refractivity contribution is 6.30. The topological polar surface area (TPSA) is 70.1 Å². The van der Waals surface area contributed by atoms with Gasteiger partial charge >= 0.3 is 0 Å². The van der Waals surface area contributed by atoms with Crippen LogP contribution in [-0.2, 0) is 4.79 Å². The molecule has 4 rings (SSSR count). The fourth-order valence-electron chi connectivity index (χ4n) is 4.49. The molecule has 2 aromatic rings. The summed E-state index contributed by atoms with van der Waals surface area (Å²) in [6.07, 6.45) is 1.14. The molecule has 0 saturated carbocycles. The number of halogens is 1. The number of ketones is 1. The van der Waals surface area contributed by atoms with Crippen molar-refractivity contribution in [2.45, 2.75) is 39.5 Å². The van der Waals surface area contributed by atoms with Gasteiger partial charge in [0.1, 0.15) is 5.82 Å². The van der Waals surface area contributed by atoms with Crippen LogP contribution in [0.5, 0.6) is 0 Å². The van der Waals surface area contributed by atoms with E-state index in [0.717, 1.165) is 22.5 Å². The van der Waals surface area contributed by atoms with Gasteiger partial charge in [0, 0.05) is 28.4 Å². The van der Waals surface area contributed by atoms with E-state index in [1.165, 1.54) is 0 Å². The molecule has 0 bridgehead atoms. The first-order chi connectivity index (χ1) is 14.2. The molecule has 2 aliphatic rings. The second-order valence-corrected chi connectivity index (χ2v) is 9.30. The Morgan fingerprint density at radius 1 is 1.10 bits per heavy atom. The summed E-state index contributed by atoms with van der Waals surface area (Å²) in [5.41, 5.74) is 11.2. The molecule has 2 aromatic carbocycles. The first-order valence-electron chi connectivity index (χ1n) is 10.00. The minimum atomic E-state index is -0.479. The highest BCUT2D eigenvalue weighted by atomic mass is 35.5. The normalized spacial score (nSPS) is 20.8. The fraction of sp³-hybridized carbons (Fsp3) is 0.280. The Hall–Kier alpha value is -3.03. The minimum absolute atomic E-state index is 0.0681. The lowest BCUT2D eigenvalue weighted by molar-refractivity contribution is -0.118. The summed E-state index contributed by atoms with van der Waals surface area (Å²) in [4.78, 5) is 15.3. The zero-order valence-electron chi connectivity index (χ0n) is 17.4. The average Bonchev–Trinajstić information content (AvgIpc) is 2.68. The monoisotopic (exact) mass is 417 g/mol. The maximum atomic E-state index is 13.4. The lowest BCUT2D eigenvalue weighted by atomic mass is 9.68. The molecular weight excluding hydrogens is 394 g/mol. The molecule has 152 valence electrons. The first kappa shape index (κ1) is 20.3. The van der Waals surface area contributed by atoms with Gasteiger partial charge < -0.3 is 5.73 Å². The summed E-state index contributed by atoms with van der Waals surface area (Å²) in [7, 11) is 0. The summed E-state index contributed by atoms with van der Waals surface area (Å²) in [5.74, 6) is -0.0309. The second kappa shape index (κ2) is 7.34. The van der Waals surface area contributed by atoms with E-state index in [2.05, 4.69) is 19.9 Å². The molecule has 5 heteroatoms. The van der Waals surface area contributed by atoms with Crippen molar-refractivity contribution in [3.63, 3.8) is 0 Å². The zero-order chi connectivity index (χ0) is 21.6. The summed E-state index contributed by atoms with van der Waals surface area (Å²) >= 11 is 6.08. The van der Waals surface area contributed by atoms with Gasteiger partial charge in [-0.25, -0.2) is 0 Å². The number of nitrogens with two attached hydrogens (primary N) is 1. The van der Waals surface area contributed by atoms with Crippen LogP contribution in [-0.4, -0.2) is 5.78 Å². The van der Waals surface area contributed by atoms with Crippen molar-refractivity contribution in [3.05, 3.63) is 87.3 Å². The van der Waals surface area contributed by atoms with Gasteiger partial charge in [0.05, 0.1) is 17.6 Å². The van der Waals surface area contributed by atoms with Gasteiger partial charge in [0.2, 0.25) is 0 Å². The Bertz CT molecular complexity index is 1120. The third kappa shape index (κ3) is 3.40. The van der Waals surface area contributed by atoms with Crippen molar-refractivity contribution >= 4 is 23.1 Å². The molecule has 2 N–H and O–H groups in total. The summed E-state index contributed by atoms with van der Waals surface area (Å²) in [5, 5.41) is 10.7. The number of carbonyl (C=O) groups is 1. The number of hydrogen-bond donors (Lipinski definition) is 1. The van der Waals surface area contributed by atoms with Crippen LogP contribution < -0.4 is 10.6 Å². The summed E-state index contributed by atoms with van der Waals surface area (Å²) in [6, 6.07) is 17.6. The van der Waals surface area contributed by atoms with Gasteiger partial charge in [0.25, 0.3) is 0 Å². The van der Waals surface area contributed by atoms with Crippen LogP contribution in [0, 0.1) is 23.7 Å². The predicted octanol–water partition coefficient (Wildman–Crippen LogP) is 5.59. The van der Waals surface area contributed by atoms with E-state index in [9.17, 15) is 10.1 Å². The van der Waals surface area contributed by atoms with Crippen LogP contribution in [0.25, 0.3) is 0 Å². The molecule has 0 aromatic heterocycles. The molecule has 0 fully saturated rings. The molecule has 0 radical (unpaired) electrons. The van der Waals surface area contributed by atoms with Crippen molar-refractivity contribution in [2.24, 2.45) is 11.1 Å². The Kier molecular flexibility index (Phi) is 4.95. The summed E-state index contributed by atoms with van der Waals surface area (Å²) in [6.45, 7) is 6.21. The molecular formula is C25H24ClN3O. The maximum absolute atomic E-state index is 13.4. The second-order valence-electron chi connectivity index (χ2n) is 8.87. The van der Waals surface area contributed by atoms with Crippen molar-refractivity contribution in [2.75, 3.05) is 4.90 Å². The molecule has 1 heterocycles. The van der Waals surface area contributed by atoms with Gasteiger partial charge in [-0.2, -0.15) is 5.26 Å². The van der Waals surface area contributed by atoms with Crippen molar-refractivity contribution in [1.29, 1.82) is 5.26 Å². The van der Waals surface area contributed by atoms with Gasteiger partial charge in [-0.05, 0) is 48.6 Å². The van der Waals surface area contributed by atoms with E-state index < -0.39 is 5.92 Å². The number of carbonyl (C=O) groups excluding carboxylic acids is 1. The van der Waals surface area contributed by atoms with Crippen molar-refractivity contribution in [1.82, 2.24) is 0 Å². The van der Waals surface area contributed by atoms with Gasteiger partial charge in [0.15, 0.2) is 5.78 Å². The van der Waals surface area contributed by atoms with Crippen LogP contribution in [0.4, 0.5) is 5.69 Å². The molecule has 0 unspecified atom stereocenters. The Balaban J connectivity index is 1.98. The standard InChI is InChI=1S/C25H24ClN3O/c1-15-4-10-18(11-5-15)29-20-12-25(2,3)13-21(30)23(20)22(19(14-27)24(29)28)16-6-8-17(26)9-7-16/h4-11,22H,12-13,28H2,1-3H3/t22-/m0/s1. The van der Waals surface area contributed by atoms with E-state index in [0.29, 0.717) is 34.8 Å². The Morgan fingerprint density at radius 3 is 2.33 bits per heavy atom. The van der Waals surface area contributed by atoms with E-state index in [-0.39, 0.29) is 11.2 Å². The third-order valence-corrected chi connectivity index (χ3v) is 6.13. The molecule has 30 heavy (non-hydrogen) atoms. The molecule has 1 atom stereocenters. The summed E-state index contributed by atoms with van der Waals surface area (Å²) < 4.78 is 0. The van der Waals surface area contributed by atoms with Crippen LogP contribution in [0.3, 0.4) is 0 Å². The smallest absolute Gasteiger partial charge is 0.162 e. The number of hydrogen-bond acceptors (Lipinski definition) is 4. The fourth-order valence-corrected chi connectivity index (χ4v) is 4.61. The maximum Gasteiger partial charge on any atom is 0.162 e. The minimum Gasteiger partial charge on any atom is -0.384 e. The van der Waals surface area contributed by atoms with E-state index in [1.807, 2.05) is 48.2 Å². The molecule has 1 aliphatic carbocycles. The van der Waals surface area contributed by atoms with Crippen molar-refractivity contribution in [3.8, 4) is 6.07 Å². The highest BCUT2D eigenvalue weighted by Crippen LogP contribution is 2.50. The van der Waals surface area contributed by atoms with Crippen LogP contribution in [0.1, 0.15) is 43.7 Å². The molecule has 4 nitrogen and oxygen atoms in total. The average molecular weight is 418 g/mol. The SMILES string of the molecule is Cc1ccc(N2C(N)=C(C#N)[C@H](c3ccc(Cl)cc3)C3=C2CC(C)(C)CC3=O)cc1. The number of rotatable bonds is 2. The van der Waals surface area contributed by atoms with E-state index in [4.69, 9.17) is 17.3 Å². The van der Waals surface area contributed by atoms with Crippen LogP contribution >= 0.6 is 11.6 Å². The quantitative estimate of drug-likeness (QED) is 0.691.